The van der Waals surface area contributed by atoms with Crippen LogP contribution in [0.25, 0.3) is 0 Å². The number of carbonyl (C=O) groups is 3. The lowest BCUT2D eigenvalue weighted by atomic mass is 10.1. The van der Waals surface area contributed by atoms with Crippen LogP contribution in [0.4, 0.5) is 5.69 Å². The number of esters is 2. The highest BCUT2D eigenvalue weighted by atomic mass is 16.5. The number of ether oxygens (including phenoxy) is 3. The number of hydrogen-bond acceptors (Lipinski definition) is 7. The highest BCUT2D eigenvalue weighted by molar-refractivity contribution is 5.91. The normalized spacial score (nSPS) is 13.2. The zero-order chi connectivity index (χ0) is 22.9. The van der Waals surface area contributed by atoms with Crippen LogP contribution in [0.15, 0.2) is 53.5 Å². The molecule has 1 saturated heterocycles. The fourth-order valence-electron chi connectivity index (χ4n) is 2.93. The summed E-state index contributed by atoms with van der Waals surface area (Å²) in [6.45, 7) is 1.67. The van der Waals surface area contributed by atoms with E-state index in [-0.39, 0.29) is 24.9 Å². The Hall–Kier alpha value is -3.92. The summed E-state index contributed by atoms with van der Waals surface area (Å²) < 4.78 is 15.6. The van der Waals surface area contributed by atoms with Crippen LogP contribution in [-0.2, 0) is 25.5 Å². The minimum Gasteiger partial charge on any atom is -0.455 e. The van der Waals surface area contributed by atoms with Crippen LogP contribution in [0, 0.1) is 0 Å². The van der Waals surface area contributed by atoms with Crippen molar-refractivity contribution in [3.63, 3.8) is 0 Å². The van der Waals surface area contributed by atoms with E-state index >= 15 is 0 Å². The molecule has 10 nitrogen and oxygen atoms in total. The van der Waals surface area contributed by atoms with Crippen LogP contribution in [0.2, 0.25) is 0 Å². The quantitative estimate of drug-likeness (QED) is 0.278. The topological polar surface area (TPSA) is 147 Å². The maximum absolute atomic E-state index is 12.3. The van der Waals surface area contributed by atoms with Gasteiger partial charge in [0.15, 0.2) is 12.6 Å². The monoisotopic (exact) mass is 440 g/mol. The van der Waals surface area contributed by atoms with Crippen LogP contribution >= 0.6 is 0 Å². The van der Waals surface area contributed by atoms with Crippen LogP contribution in [0.1, 0.15) is 15.9 Å². The van der Waals surface area contributed by atoms with Gasteiger partial charge in [-0.15, -0.1) is 0 Å². The Morgan fingerprint density at radius 2 is 1.62 bits per heavy atom. The first kappa shape index (κ1) is 22.8. The molecule has 1 amide bonds. The van der Waals surface area contributed by atoms with Gasteiger partial charge in [0.05, 0.1) is 30.9 Å². The van der Waals surface area contributed by atoms with E-state index in [1.807, 2.05) is 0 Å². The first-order chi connectivity index (χ1) is 15.4. The fourth-order valence-corrected chi connectivity index (χ4v) is 2.93. The maximum Gasteiger partial charge on any atom is 0.343 e. The Morgan fingerprint density at radius 1 is 0.969 bits per heavy atom. The van der Waals surface area contributed by atoms with Gasteiger partial charge in [0, 0.05) is 13.1 Å². The van der Waals surface area contributed by atoms with Gasteiger partial charge < -0.3 is 30.6 Å². The lowest BCUT2D eigenvalue weighted by Crippen LogP contribution is -2.42. The number of amides is 1. The highest BCUT2D eigenvalue weighted by Gasteiger charge is 2.18. The molecule has 0 bridgehead atoms. The van der Waals surface area contributed by atoms with E-state index in [0.717, 1.165) is 0 Å². The van der Waals surface area contributed by atoms with Gasteiger partial charge in [0.2, 0.25) is 0 Å². The molecular formula is C22H24N4O6. The van der Waals surface area contributed by atoms with E-state index in [0.29, 0.717) is 48.9 Å². The van der Waals surface area contributed by atoms with Crippen LogP contribution < -0.4 is 16.2 Å². The molecular weight excluding hydrogens is 416 g/mol. The van der Waals surface area contributed by atoms with Crippen molar-refractivity contribution in [1.29, 1.82) is 0 Å². The van der Waals surface area contributed by atoms with Gasteiger partial charge in [-0.1, -0.05) is 12.1 Å². The molecule has 0 aromatic heterocycles. The SMILES string of the molecule is NC(N)=Nc1ccc(C(=O)Oc2ccc(CC(=O)OCC(=O)N3CCOCC3)cc2)cc1. The second-order valence-electron chi connectivity index (χ2n) is 6.95. The Morgan fingerprint density at radius 3 is 2.25 bits per heavy atom. The number of benzene rings is 2. The van der Waals surface area contributed by atoms with Gasteiger partial charge in [-0.3, -0.25) is 9.59 Å². The molecule has 0 spiro atoms. The molecule has 0 atom stereocenters. The molecule has 168 valence electrons. The molecule has 1 heterocycles. The van der Waals surface area contributed by atoms with Gasteiger partial charge in [-0.2, -0.15) is 0 Å². The van der Waals surface area contributed by atoms with E-state index in [1.165, 1.54) is 0 Å². The van der Waals surface area contributed by atoms with Gasteiger partial charge in [0.1, 0.15) is 5.75 Å². The second kappa shape index (κ2) is 10.9. The van der Waals surface area contributed by atoms with E-state index in [9.17, 15) is 14.4 Å². The summed E-state index contributed by atoms with van der Waals surface area (Å²) in [7, 11) is 0. The number of guanidine groups is 1. The zero-order valence-electron chi connectivity index (χ0n) is 17.4. The van der Waals surface area contributed by atoms with Crippen molar-refractivity contribution in [3.05, 3.63) is 59.7 Å². The molecule has 1 aliphatic rings. The first-order valence-corrected chi connectivity index (χ1v) is 9.92. The number of nitrogens with zero attached hydrogens (tertiary/aromatic N) is 2. The molecule has 1 fully saturated rings. The summed E-state index contributed by atoms with van der Waals surface area (Å²) in [5.74, 6) is -1.06. The molecule has 32 heavy (non-hydrogen) atoms. The molecule has 2 aromatic carbocycles. The molecule has 0 radical (unpaired) electrons. The predicted octanol–water partition coefficient (Wildman–Crippen LogP) is 0.755. The van der Waals surface area contributed by atoms with E-state index in [1.54, 1.807) is 53.4 Å². The average molecular weight is 440 g/mol. The lowest BCUT2D eigenvalue weighted by Gasteiger charge is -2.26. The first-order valence-electron chi connectivity index (χ1n) is 9.92. The standard InChI is InChI=1S/C22H24N4O6/c23-22(24)25-17-5-3-16(4-6-17)21(29)32-18-7-1-15(2-8-18)13-20(28)31-14-19(27)26-9-11-30-12-10-26/h1-8H,9-14H2,(H4,23,24,25). The third-order valence-corrected chi connectivity index (χ3v) is 4.56. The van der Waals surface area contributed by atoms with Crippen molar-refractivity contribution in [3.8, 4) is 5.75 Å². The Labute approximate surface area is 184 Å². The predicted molar refractivity (Wildman–Crippen MR) is 115 cm³/mol. The molecule has 2 aromatic rings. The average Bonchev–Trinajstić information content (AvgIpc) is 2.79. The van der Waals surface area contributed by atoms with Gasteiger partial charge in [-0.05, 0) is 42.0 Å². The maximum atomic E-state index is 12.3. The summed E-state index contributed by atoms with van der Waals surface area (Å²) in [5, 5.41) is 0. The summed E-state index contributed by atoms with van der Waals surface area (Å²) in [6, 6.07) is 12.7. The van der Waals surface area contributed by atoms with Gasteiger partial charge in [0.25, 0.3) is 5.91 Å². The molecule has 0 aliphatic carbocycles. The highest BCUT2D eigenvalue weighted by Crippen LogP contribution is 2.17. The fraction of sp³-hybridized carbons (Fsp3) is 0.273. The molecule has 0 saturated carbocycles. The number of rotatable bonds is 7. The molecule has 10 heteroatoms. The largest absolute Gasteiger partial charge is 0.455 e. The number of carbonyl (C=O) groups excluding carboxylic acids is 3. The smallest absolute Gasteiger partial charge is 0.343 e. The van der Waals surface area contributed by atoms with Crippen LogP contribution in [0.3, 0.4) is 0 Å². The summed E-state index contributed by atoms with van der Waals surface area (Å²) in [4.78, 5) is 41.8. The van der Waals surface area contributed by atoms with Crippen LogP contribution in [0.5, 0.6) is 5.75 Å². The zero-order valence-corrected chi connectivity index (χ0v) is 17.4. The van der Waals surface area contributed by atoms with Crippen molar-refractivity contribution < 1.29 is 28.6 Å². The summed E-state index contributed by atoms with van der Waals surface area (Å²) >= 11 is 0. The lowest BCUT2D eigenvalue weighted by molar-refractivity contribution is -0.153. The number of aliphatic imine (C=N–C) groups is 1. The number of nitrogens with two attached hydrogens (primary N) is 2. The minimum atomic E-state index is -0.546. The van der Waals surface area contributed by atoms with Crippen molar-refractivity contribution in [2.45, 2.75) is 6.42 Å². The minimum absolute atomic E-state index is 0.00310. The van der Waals surface area contributed by atoms with Crippen molar-refractivity contribution in [2.75, 3.05) is 32.9 Å². The molecule has 1 aliphatic heterocycles. The Balaban J connectivity index is 1.46. The van der Waals surface area contributed by atoms with E-state index in [2.05, 4.69) is 4.99 Å². The van der Waals surface area contributed by atoms with Gasteiger partial charge >= 0.3 is 11.9 Å². The van der Waals surface area contributed by atoms with Crippen molar-refractivity contribution >= 4 is 29.5 Å². The van der Waals surface area contributed by atoms with Gasteiger partial charge in [-0.25, -0.2) is 9.79 Å². The third kappa shape index (κ3) is 6.81. The summed E-state index contributed by atoms with van der Waals surface area (Å²) in [5.41, 5.74) is 12.1. The van der Waals surface area contributed by atoms with E-state index in [4.69, 9.17) is 25.7 Å². The Bertz CT molecular complexity index is 978. The second-order valence-corrected chi connectivity index (χ2v) is 6.95. The molecule has 4 N–H and O–H groups in total. The molecule has 0 unspecified atom stereocenters. The Kier molecular flexibility index (Phi) is 7.76. The third-order valence-electron chi connectivity index (χ3n) is 4.56. The summed E-state index contributed by atoms with van der Waals surface area (Å²) in [6.07, 6.45) is -0.00310. The number of hydrogen-bond donors (Lipinski definition) is 2. The van der Waals surface area contributed by atoms with Crippen LogP contribution in [-0.4, -0.2) is 61.6 Å². The van der Waals surface area contributed by atoms with Crippen molar-refractivity contribution in [2.24, 2.45) is 16.5 Å². The molecule has 3 rings (SSSR count). The van der Waals surface area contributed by atoms with Crippen molar-refractivity contribution in [1.82, 2.24) is 4.90 Å². The van der Waals surface area contributed by atoms with E-state index < -0.39 is 11.9 Å². The number of morpholine rings is 1.